The van der Waals surface area contributed by atoms with Crippen LogP contribution in [0.25, 0.3) is 11.3 Å². The van der Waals surface area contributed by atoms with Crippen LogP contribution in [0.4, 0.5) is 11.6 Å². The number of nitrogens with one attached hydrogen (secondary N) is 1. The first kappa shape index (κ1) is 15.0. The van der Waals surface area contributed by atoms with Crippen molar-refractivity contribution in [1.29, 1.82) is 0 Å². The molecule has 0 saturated carbocycles. The number of rotatable bonds is 4. The van der Waals surface area contributed by atoms with Gasteiger partial charge in [0.05, 0.1) is 6.54 Å². The molecule has 1 N–H and O–H groups in total. The lowest BCUT2D eigenvalue weighted by molar-refractivity contribution is 0.230. The fourth-order valence-corrected chi connectivity index (χ4v) is 4.38. The first-order valence-corrected chi connectivity index (χ1v) is 9.50. The van der Waals surface area contributed by atoms with Gasteiger partial charge in [0.15, 0.2) is 11.6 Å². The third-order valence-electron chi connectivity index (χ3n) is 4.99. The molecule has 25 heavy (non-hydrogen) atoms. The average Bonchev–Trinajstić information content (AvgIpc) is 3.39. The fourth-order valence-electron chi connectivity index (χ4n) is 3.74. The van der Waals surface area contributed by atoms with Gasteiger partial charge in [-0.15, -0.1) is 11.3 Å². The lowest BCUT2D eigenvalue weighted by Gasteiger charge is -2.38. The lowest BCUT2D eigenvalue weighted by Crippen LogP contribution is -2.50. The Morgan fingerprint density at radius 3 is 3.00 bits per heavy atom. The quantitative estimate of drug-likeness (QED) is 0.759. The van der Waals surface area contributed by atoms with Crippen LogP contribution in [0.1, 0.15) is 17.7 Å². The average molecular weight is 357 g/mol. The molecule has 0 spiro atoms. The first-order chi connectivity index (χ1) is 12.4. The number of hydrogen-bond acceptors (Lipinski definition) is 9. The van der Waals surface area contributed by atoms with Crippen LogP contribution in [-0.4, -0.2) is 57.4 Å². The molecular weight excluding hydrogens is 338 g/mol. The van der Waals surface area contributed by atoms with Crippen molar-refractivity contribution in [3.05, 3.63) is 22.4 Å². The van der Waals surface area contributed by atoms with Crippen LogP contribution >= 0.6 is 11.3 Å². The first-order valence-electron chi connectivity index (χ1n) is 8.62. The van der Waals surface area contributed by atoms with Crippen LogP contribution in [0.5, 0.6) is 0 Å². The van der Waals surface area contributed by atoms with Crippen molar-refractivity contribution in [3.8, 4) is 0 Å². The fraction of sp³-hybridized carbons (Fsp3) is 0.500. The molecule has 0 aliphatic carbocycles. The van der Waals surface area contributed by atoms with E-state index < -0.39 is 0 Å². The molecule has 2 aliphatic heterocycles. The van der Waals surface area contributed by atoms with Gasteiger partial charge < -0.3 is 10.2 Å². The van der Waals surface area contributed by atoms with Crippen molar-refractivity contribution in [1.82, 2.24) is 25.2 Å². The number of nitrogens with zero attached hydrogens (tertiary/aromatic N) is 6. The molecule has 1 unspecified atom stereocenters. The van der Waals surface area contributed by atoms with Gasteiger partial charge in [0.2, 0.25) is 11.3 Å². The van der Waals surface area contributed by atoms with E-state index in [1.807, 2.05) is 0 Å². The standard InChI is InChI=1S/C16H19N7OS/c1-3-11-10-23(7-6-22(11)5-1)16-15(17-9-12-4-2-8-25-12)18-13-14(19-16)21-24-20-13/h2,4,8,11H,1,3,5-7,9-10H2,(H,17,18,20). The maximum atomic E-state index is 4.80. The van der Waals surface area contributed by atoms with Crippen molar-refractivity contribution in [2.24, 2.45) is 0 Å². The highest BCUT2D eigenvalue weighted by Gasteiger charge is 2.32. The summed E-state index contributed by atoms with van der Waals surface area (Å²) in [6, 6.07) is 4.78. The molecule has 0 bridgehead atoms. The Morgan fingerprint density at radius 2 is 2.12 bits per heavy atom. The summed E-state index contributed by atoms with van der Waals surface area (Å²) in [6.45, 7) is 4.96. The van der Waals surface area contributed by atoms with E-state index in [0.29, 0.717) is 17.3 Å². The molecule has 5 rings (SSSR count). The van der Waals surface area contributed by atoms with Gasteiger partial charge in [-0.1, -0.05) is 6.07 Å². The minimum absolute atomic E-state index is 0.442. The third-order valence-corrected chi connectivity index (χ3v) is 5.87. The zero-order valence-electron chi connectivity index (χ0n) is 13.8. The summed E-state index contributed by atoms with van der Waals surface area (Å²) in [4.78, 5) is 15.5. The lowest BCUT2D eigenvalue weighted by atomic mass is 10.1. The normalized spacial score (nSPS) is 21.0. The highest BCUT2D eigenvalue weighted by molar-refractivity contribution is 7.09. The second-order valence-electron chi connectivity index (χ2n) is 6.52. The Kier molecular flexibility index (Phi) is 3.75. The highest BCUT2D eigenvalue weighted by atomic mass is 32.1. The summed E-state index contributed by atoms with van der Waals surface area (Å²) >= 11 is 1.72. The number of piperazine rings is 1. The Balaban J connectivity index is 1.45. The van der Waals surface area contributed by atoms with E-state index in [9.17, 15) is 0 Å². The molecule has 0 radical (unpaired) electrons. The van der Waals surface area contributed by atoms with E-state index in [4.69, 9.17) is 9.61 Å². The molecule has 2 fully saturated rings. The van der Waals surface area contributed by atoms with Gasteiger partial charge >= 0.3 is 0 Å². The van der Waals surface area contributed by atoms with Crippen molar-refractivity contribution in [2.75, 3.05) is 36.4 Å². The van der Waals surface area contributed by atoms with E-state index in [0.717, 1.165) is 37.8 Å². The predicted octanol–water partition coefficient (Wildman–Crippen LogP) is 1.97. The Morgan fingerprint density at radius 1 is 1.20 bits per heavy atom. The predicted molar refractivity (Wildman–Crippen MR) is 95.8 cm³/mol. The van der Waals surface area contributed by atoms with Gasteiger partial charge in [0, 0.05) is 30.6 Å². The number of fused-ring (bicyclic) bond motifs is 2. The van der Waals surface area contributed by atoms with Crippen LogP contribution in [-0.2, 0) is 6.54 Å². The van der Waals surface area contributed by atoms with Crippen LogP contribution in [0.15, 0.2) is 22.1 Å². The molecule has 0 aromatic carbocycles. The second-order valence-corrected chi connectivity index (χ2v) is 7.55. The van der Waals surface area contributed by atoms with Crippen molar-refractivity contribution in [3.63, 3.8) is 0 Å². The highest BCUT2D eigenvalue weighted by Crippen LogP contribution is 2.29. The number of hydrogen-bond donors (Lipinski definition) is 1. The van der Waals surface area contributed by atoms with E-state index in [2.05, 4.69) is 47.9 Å². The van der Waals surface area contributed by atoms with Crippen molar-refractivity contribution >= 4 is 34.3 Å². The molecule has 3 aromatic rings. The molecule has 1 atom stereocenters. The maximum absolute atomic E-state index is 4.80. The molecule has 5 heterocycles. The van der Waals surface area contributed by atoms with Crippen molar-refractivity contribution in [2.45, 2.75) is 25.4 Å². The molecule has 9 heteroatoms. The Bertz CT molecular complexity index is 865. The summed E-state index contributed by atoms with van der Waals surface area (Å²) < 4.78 is 4.80. The summed E-state index contributed by atoms with van der Waals surface area (Å²) in [5, 5.41) is 13.2. The molecule has 3 aromatic heterocycles. The summed E-state index contributed by atoms with van der Waals surface area (Å²) in [7, 11) is 0. The number of thiophene rings is 1. The smallest absolute Gasteiger partial charge is 0.245 e. The van der Waals surface area contributed by atoms with Crippen LogP contribution in [0.2, 0.25) is 0 Å². The summed E-state index contributed by atoms with van der Waals surface area (Å²) in [5.74, 6) is 1.61. The topological polar surface area (TPSA) is 83.2 Å². The van der Waals surface area contributed by atoms with E-state index in [1.165, 1.54) is 24.3 Å². The summed E-state index contributed by atoms with van der Waals surface area (Å²) in [5.41, 5.74) is 0.905. The minimum atomic E-state index is 0.442. The van der Waals surface area contributed by atoms with Gasteiger partial charge in [-0.05, 0) is 41.1 Å². The number of anilines is 2. The van der Waals surface area contributed by atoms with Crippen LogP contribution in [0, 0.1) is 0 Å². The maximum Gasteiger partial charge on any atom is 0.245 e. The zero-order chi connectivity index (χ0) is 16.6. The third kappa shape index (κ3) is 2.83. The van der Waals surface area contributed by atoms with Gasteiger partial charge in [0.25, 0.3) is 0 Å². The van der Waals surface area contributed by atoms with Gasteiger partial charge in [-0.25, -0.2) is 14.6 Å². The molecule has 130 valence electrons. The van der Waals surface area contributed by atoms with Crippen LogP contribution in [0.3, 0.4) is 0 Å². The largest absolute Gasteiger partial charge is 0.362 e. The Labute approximate surface area is 148 Å². The van der Waals surface area contributed by atoms with E-state index in [-0.39, 0.29) is 0 Å². The van der Waals surface area contributed by atoms with Gasteiger partial charge in [0.1, 0.15) is 0 Å². The molecule has 2 saturated heterocycles. The molecular formula is C16H19N7OS. The summed E-state index contributed by atoms with van der Waals surface area (Å²) in [6.07, 6.45) is 2.55. The second kappa shape index (κ2) is 6.23. The SMILES string of the molecule is c1csc(CNc2nc3nonc3nc2N2CCN3CCCC3C2)c1. The monoisotopic (exact) mass is 357 g/mol. The van der Waals surface area contributed by atoms with Gasteiger partial charge in [-0.2, -0.15) is 0 Å². The molecule has 2 aliphatic rings. The zero-order valence-corrected chi connectivity index (χ0v) is 14.6. The number of aromatic nitrogens is 4. The van der Waals surface area contributed by atoms with Crippen molar-refractivity contribution < 1.29 is 4.63 Å². The minimum Gasteiger partial charge on any atom is -0.362 e. The van der Waals surface area contributed by atoms with Gasteiger partial charge in [-0.3, -0.25) is 4.90 Å². The van der Waals surface area contributed by atoms with E-state index >= 15 is 0 Å². The van der Waals surface area contributed by atoms with Crippen LogP contribution < -0.4 is 10.2 Å². The molecule has 0 amide bonds. The van der Waals surface area contributed by atoms with E-state index in [1.54, 1.807) is 11.3 Å². The molecule has 8 nitrogen and oxygen atoms in total. The Hall–Kier alpha value is -2.26.